The zero-order valence-corrected chi connectivity index (χ0v) is 29.4. The molecule has 0 saturated carbocycles. The Morgan fingerprint density at radius 2 is 1.56 bits per heavy atom. The molecule has 1 aromatic heterocycles. The predicted octanol–water partition coefficient (Wildman–Crippen LogP) is 5.64. The molecule has 1 saturated heterocycles. The van der Waals surface area contributed by atoms with Gasteiger partial charge in [0.05, 0.1) is 30.4 Å². The number of unbranched alkanes of at least 4 members (excludes halogenated alkanes) is 2. The molecule has 0 aliphatic carbocycles. The number of nitrogens with zero attached hydrogens (tertiary/aromatic N) is 6. The summed E-state index contributed by atoms with van der Waals surface area (Å²) < 4.78 is 1.67. The van der Waals surface area contributed by atoms with Crippen LogP contribution < -0.4 is 9.80 Å². The lowest BCUT2D eigenvalue weighted by molar-refractivity contribution is -0.117. The molecule has 1 N–H and O–H groups in total. The summed E-state index contributed by atoms with van der Waals surface area (Å²) in [5.41, 5.74) is 5.72. The van der Waals surface area contributed by atoms with E-state index in [2.05, 4.69) is 18.7 Å². The van der Waals surface area contributed by atoms with Crippen LogP contribution in [-0.2, 0) is 17.8 Å². The number of hydrogen-bond acceptors (Lipinski definition) is 6. The smallest absolute Gasteiger partial charge is 0.274 e. The summed E-state index contributed by atoms with van der Waals surface area (Å²) in [7, 11) is 0. The minimum atomic E-state index is -0.411. The molecule has 50 heavy (non-hydrogen) atoms. The zero-order chi connectivity index (χ0) is 35.2. The topological polar surface area (TPSA) is 102 Å². The van der Waals surface area contributed by atoms with E-state index in [4.69, 9.17) is 5.10 Å². The number of hydrogen-bond donors (Lipinski definition) is 1. The molecule has 4 aromatic rings. The Hall–Kier alpha value is -4.96. The first-order valence-electron chi connectivity index (χ1n) is 17.9. The second kappa shape index (κ2) is 15.7. The Labute approximate surface area is 294 Å². The van der Waals surface area contributed by atoms with Gasteiger partial charge in [0.1, 0.15) is 0 Å². The third kappa shape index (κ3) is 7.31. The van der Waals surface area contributed by atoms with Crippen molar-refractivity contribution in [3.05, 3.63) is 107 Å². The molecule has 3 amide bonds. The van der Waals surface area contributed by atoms with E-state index in [1.165, 1.54) is 0 Å². The molecule has 1 atom stereocenters. The number of para-hydroxylation sites is 1. The molecule has 6 rings (SSSR count). The maximum absolute atomic E-state index is 14.7. The van der Waals surface area contributed by atoms with Crippen LogP contribution in [0.5, 0.6) is 0 Å². The van der Waals surface area contributed by atoms with E-state index >= 15 is 0 Å². The van der Waals surface area contributed by atoms with Gasteiger partial charge in [-0.1, -0.05) is 69.2 Å². The average Bonchev–Trinajstić information content (AvgIpc) is 3.54. The summed E-state index contributed by atoms with van der Waals surface area (Å²) in [5, 5.41) is 15.3. The van der Waals surface area contributed by atoms with Crippen LogP contribution >= 0.6 is 0 Å². The highest BCUT2D eigenvalue weighted by atomic mass is 16.3. The van der Waals surface area contributed by atoms with Crippen molar-refractivity contribution < 1.29 is 19.5 Å². The molecule has 3 aromatic carbocycles. The Kier molecular flexibility index (Phi) is 11.0. The molecule has 2 aliphatic heterocycles. The quantitative estimate of drug-likeness (QED) is 0.209. The van der Waals surface area contributed by atoms with Crippen LogP contribution in [0, 0.1) is 6.92 Å². The SMILES string of the molecule is CCCCN(CCCC)C(=O)c1cc(C)n(-c2ccc(N3CCN(c4ccccc4)CC3=O)cc2C(=O)N2Cc3ccccc3CC2CO)n1. The van der Waals surface area contributed by atoms with Gasteiger partial charge in [-0.3, -0.25) is 14.4 Å². The first kappa shape index (κ1) is 34.9. The second-order valence-electron chi connectivity index (χ2n) is 13.3. The Morgan fingerprint density at radius 3 is 2.24 bits per heavy atom. The number of benzene rings is 3. The highest BCUT2D eigenvalue weighted by Gasteiger charge is 2.33. The normalized spacial score (nSPS) is 16.0. The van der Waals surface area contributed by atoms with E-state index in [1.54, 1.807) is 26.6 Å². The minimum absolute atomic E-state index is 0.0613. The number of piperazine rings is 1. The number of carbonyl (C=O) groups excluding carboxylic acids is 3. The third-order valence-corrected chi connectivity index (χ3v) is 9.88. The number of amides is 3. The number of aliphatic hydroxyl groups is 1. The Balaban J connectivity index is 1.37. The van der Waals surface area contributed by atoms with Gasteiger partial charge in [-0.2, -0.15) is 5.10 Å². The molecule has 2 aliphatic rings. The lowest BCUT2D eigenvalue weighted by Gasteiger charge is -2.37. The molecule has 0 spiro atoms. The van der Waals surface area contributed by atoms with Gasteiger partial charge < -0.3 is 24.7 Å². The summed E-state index contributed by atoms with van der Waals surface area (Å²) in [5.74, 6) is -0.442. The highest BCUT2D eigenvalue weighted by Crippen LogP contribution is 2.31. The lowest BCUT2D eigenvalue weighted by Crippen LogP contribution is -2.50. The van der Waals surface area contributed by atoms with Gasteiger partial charge in [-0.15, -0.1) is 0 Å². The Morgan fingerprint density at radius 1 is 0.860 bits per heavy atom. The van der Waals surface area contributed by atoms with E-state index in [0.717, 1.165) is 48.2 Å². The first-order chi connectivity index (χ1) is 24.3. The lowest BCUT2D eigenvalue weighted by atomic mass is 9.93. The molecular formula is C40H48N6O4. The van der Waals surface area contributed by atoms with Gasteiger partial charge in [-0.25, -0.2) is 4.68 Å². The van der Waals surface area contributed by atoms with Crippen molar-refractivity contribution in [3.63, 3.8) is 0 Å². The van der Waals surface area contributed by atoms with E-state index in [0.29, 0.717) is 61.8 Å². The monoisotopic (exact) mass is 676 g/mol. The fourth-order valence-corrected chi connectivity index (χ4v) is 6.99. The number of rotatable bonds is 12. The van der Waals surface area contributed by atoms with Gasteiger partial charge in [0.25, 0.3) is 11.8 Å². The second-order valence-corrected chi connectivity index (χ2v) is 13.3. The van der Waals surface area contributed by atoms with Crippen molar-refractivity contribution in [1.29, 1.82) is 0 Å². The maximum Gasteiger partial charge on any atom is 0.274 e. The van der Waals surface area contributed by atoms with Crippen LogP contribution in [0.4, 0.5) is 11.4 Å². The number of fused-ring (bicyclic) bond motifs is 1. The standard InChI is InChI=1S/C40H48N6O4/c1-4-6-19-42(20-7-5-2)40(50)36-23-29(3)46(41-36)37-18-17-33(44-22-21-43(27-38(44)48)32-15-9-8-10-16-32)25-35(37)39(49)45-26-31-14-12-11-13-30(31)24-34(45)28-47/h8-18,23,25,34,47H,4-7,19-22,24,26-28H2,1-3H3. The summed E-state index contributed by atoms with van der Waals surface area (Å²) in [4.78, 5) is 49.5. The van der Waals surface area contributed by atoms with Crippen molar-refractivity contribution in [2.24, 2.45) is 0 Å². The molecule has 0 bridgehead atoms. The van der Waals surface area contributed by atoms with Crippen LogP contribution in [0.25, 0.3) is 5.69 Å². The number of aliphatic hydroxyl groups excluding tert-OH is 1. The van der Waals surface area contributed by atoms with Gasteiger partial charge in [0.15, 0.2) is 5.69 Å². The molecule has 3 heterocycles. The van der Waals surface area contributed by atoms with Crippen molar-refractivity contribution >= 4 is 29.1 Å². The van der Waals surface area contributed by atoms with Gasteiger partial charge >= 0.3 is 0 Å². The van der Waals surface area contributed by atoms with Crippen LogP contribution in [0.2, 0.25) is 0 Å². The summed E-state index contributed by atoms with van der Waals surface area (Å²) in [6, 6.07) is 24.7. The number of carbonyl (C=O) groups is 3. The molecule has 0 radical (unpaired) electrons. The molecule has 10 heteroatoms. The molecule has 10 nitrogen and oxygen atoms in total. The fraction of sp³-hybridized carbons (Fsp3) is 0.400. The van der Waals surface area contributed by atoms with Crippen molar-refractivity contribution in [2.75, 3.05) is 49.1 Å². The summed E-state index contributed by atoms with van der Waals surface area (Å²) >= 11 is 0. The first-order valence-corrected chi connectivity index (χ1v) is 17.9. The molecule has 1 fully saturated rings. The zero-order valence-electron chi connectivity index (χ0n) is 29.4. The molecule has 262 valence electrons. The van der Waals surface area contributed by atoms with Crippen LogP contribution in [0.3, 0.4) is 0 Å². The minimum Gasteiger partial charge on any atom is -0.394 e. The van der Waals surface area contributed by atoms with E-state index in [1.807, 2.05) is 78.6 Å². The fourth-order valence-electron chi connectivity index (χ4n) is 6.99. The van der Waals surface area contributed by atoms with Gasteiger partial charge in [0.2, 0.25) is 5.91 Å². The number of aryl methyl sites for hydroxylation is 1. The molecular weight excluding hydrogens is 628 g/mol. The summed E-state index contributed by atoms with van der Waals surface area (Å²) in [6.07, 6.45) is 4.34. The largest absolute Gasteiger partial charge is 0.394 e. The van der Waals surface area contributed by atoms with Crippen LogP contribution in [0.15, 0.2) is 78.9 Å². The molecule has 1 unspecified atom stereocenters. The van der Waals surface area contributed by atoms with Crippen LogP contribution in [-0.4, -0.2) is 87.8 Å². The average molecular weight is 677 g/mol. The van der Waals surface area contributed by atoms with Crippen LogP contribution in [0.1, 0.15) is 77.2 Å². The third-order valence-electron chi connectivity index (χ3n) is 9.88. The Bertz CT molecular complexity index is 1810. The number of anilines is 2. The van der Waals surface area contributed by atoms with Crippen molar-refractivity contribution in [1.82, 2.24) is 19.6 Å². The van der Waals surface area contributed by atoms with E-state index < -0.39 is 6.04 Å². The van der Waals surface area contributed by atoms with E-state index in [9.17, 15) is 19.5 Å². The van der Waals surface area contributed by atoms with Crippen molar-refractivity contribution in [3.8, 4) is 5.69 Å². The predicted molar refractivity (Wildman–Crippen MR) is 196 cm³/mol. The van der Waals surface area contributed by atoms with Crippen molar-refractivity contribution in [2.45, 2.75) is 65.5 Å². The van der Waals surface area contributed by atoms with E-state index in [-0.39, 0.29) is 30.9 Å². The highest BCUT2D eigenvalue weighted by molar-refractivity contribution is 6.02. The number of aromatic nitrogens is 2. The maximum atomic E-state index is 14.7. The summed E-state index contributed by atoms with van der Waals surface area (Å²) in [6.45, 7) is 8.95. The van der Waals surface area contributed by atoms with Gasteiger partial charge in [-0.05, 0) is 73.7 Å². The van der Waals surface area contributed by atoms with Gasteiger partial charge in [0, 0.05) is 49.8 Å².